The second-order valence-electron chi connectivity index (χ2n) is 7.23. The van der Waals surface area contributed by atoms with Gasteiger partial charge in [0.1, 0.15) is 0 Å². The highest BCUT2D eigenvalue weighted by atomic mass is 32.2. The maximum atomic E-state index is 12.8. The molecule has 4 rings (SSSR count). The molecule has 1 N–H and O–H groups in total. The van der Waals surface area contributed by atoms with Crippen molar-refractivity contribution in [3.05, 3.63) is 48.4 Å². The molecule has 2 aliphatic rings. The molecule has 0 aliphatic carbocycles. The topological polar surface area (TPSA) is 112 Å². The van der Waals surface area contributed by atoms with Gasteiger partial charge in [-0.3, -0.25) is 4.79 Å². The van der Waals surface area contributed by atoms with E-state index >= 15 is 0 Å². The molecular formula is C20H24N4O6S. The van der Waals surface area contributed by atoms with Crippen molar-refractivity contribution in [3.63, 3.8) is 0 Å². The van der Waals surface area contributed by atoms with E-state index < -0.39 is 10.0 Å². The molecule has 0 radical (unpaired) electrons. The monoisotopic (exact) mass is 448 g/mol. The van der Waals surface area contributed by atoms with Crippen LogP contribution in [0, 0.1) is 0 Å². The first-order valence-corrected chi connectivity index (χ1v) is 11.5. The van der Waals surface area contributed by atoms with Gasteiger partial charge in [0.15, 0.2) is 5.76 Å². The summed E-state index contributed by atoms with van der Waals surface area (Å²) < 4.78 is 37.4. The number of morpholine rings is 1. The zero-order chi connectivity index (χ0) is 21.8. The molecule has 31 heavy (non-hydrogen) atoms. The number of rotatable bonds is 4. The second-order valence-corrected chi connectivity index (χ2v) is 9.17. The molecule has 11 heteroatoms. The van der Waals surface area contributed by atoms with E-state index in [1.54, 1.807) is 34.1 Å². The number of anilines is 1. The van der Waals surface area contributed by atoms with Crippen LogP contribution in [0.1, 0.15) is 10.6 Å². The van der Waals surface area contributed by atoms with E-state index in [2.05, 4.69) is 5.32 Å². The number of benzene rings is 1. The molecule has 3 amide bonds. The lowest BCUT2D eigenvalue weighted by atomic mass is 10.3. The van der Waals surface area contributed by atoms with E-state index in [1.165, 1.54) is 22.7 Å². The molecule has 1 aromatic carbocycles. The predicted octanol–water partition coefficient (Wildman–Crippen LogP) is 1.29. The summed E-state index contributed by atoms with van der Waals surface area (Å²) in [5.74, 6) is 0.0715. The molecule has 0 unspecified atom stereocenters. The van der Waals surface area contributed by atoms with Crippen molar-refractivity contribution in [2.45, 2.75) is 4.90 Å². The average Bonchev–Trinajstić information content (AvgIpc) is 3.34. The molecule has 2 aliphatic heterocycles. The van der Waals surface area contributed by atoms with Crippen molar-refractivity contribution in [2.24, 2.45) is 0 Å². The van der Waals surface area contributed by atoms with Crippen molar-refractivity contribution < 1.29 is 27.2 Å². The van der Waals surface area contributed by atoms with Gasteiger partial charge in [-0.25, -0.2) is 13.2 Å². The van der Waals surface area contributed by atoms with Gasteiger partial charge in [0, 0.05) is 45.0 Å². The number of nitrogens with zero attached hydrogens (tertiary/aromatic N) is 3. The van der Waals surface area contributed by atoms with Crippen molar-refractivity contribution in [3.8, 4) is 0 Å². The zero-order valence-electron chi connectivity index (χ0n) is 16.9. The standard InChI is InChI=1S/C20H24N4O6S/c25-19(18-5-2-12-30-18)22-6-8-23(9-7-22)20(26)21-16-3-1-4-17(15-16)31(27,28)24-10-13-29-14-11-24/h1-5,12,15H,6-11,13-14H2,(H,21,26). The Morgan fingerprint density at radius 3 is 2.29 bits per heavy atom. The van der Waals surface area contributed by atoms with Crippen LogP contribution in [0.3, 0.4) is 0 Å². The molecule has 2 aromatic rings. The number of sulfonamides is 1. The van der Waals surface area contributed by atoms with Gasteiger partial charge in [-0.2, -0.15) is 4.31 Å². The third-order valence-electron chi connectivity index (χ3n) is 5.28. The number of hydrogen-bond acceptors (Lipinski definition) is 6. The summed E-state index contributed by atoms with van der Waals surface area (Å²) in [5.41, 5.74) is 0.397. The van der Waals surface area contributed by atoms with E-state index in [9.17, 15) is 18.0 Å². The van der Waals surface area contributed by atoms with Gasteiger partial charge in [-0.15, -0.1) is 0 Å². The minimum absolute atomic E-state index is 0.126. The number of carbonyl (C=O) groups excluding carboxylic acids is 2. The smallest absolute Gasteiger partial charge is 0.321 e. The summed E-state index contributed by atoms with van der Waals surface area (Å²) >= 11 is 0. The lowest BCUT2D eigenvalue weighted by molar-refractivity contribution is 0.0640. The lowest BCUT2D eigenvalue weighted by Gasteiger charge is -2.34. The van der Waals surface area contributed by atoms with Crippen molar-refractivity contribution in [1.29, 1.82) is 0 Å². The van der Waals surface area contributed by atoms with Gasteiger partial charge in [-0.05, 0) is 30.3 Å². The van der Waals surface area contributed by atoms with E-state index in [1.807, 2.05) is 0 Å². The molecule has 2 fully saturated rings. The number of ether oxygens (including phenoxy) is 1. The van der Waals surface area contributed by atoms with E-state index in [-0.39, 0.29) is 22.6 Å². The van der Waals surface area contributed by atoms with Gasteiger partial charge in [0.25, 0.3) is 5.91 Å². The number of nitrogens with one attached hydrogen (secondary N) is 1. The van der Waals surface area contributed by atoms with E-state index in [0.29, 0.717) is 58.2 Å². The van der Waals surface area contributed by atoms with Crippen LogP contribution in [0.25, 0.3) is 0 Å². The molecule has 1 aromatic heterocycles. The van der Waals surface area contributed by atoms with Crippen LogP contribution in [0.15, 0.2) is 52.0 Å². The maximum absolute atomic E-state index is 12.8. The Morgan fingerprint density at radius 2 is 1.61 bits per heavy atom. The summed E-state index contributed by atoms with van der Waals surface area (Å²) in [4.78, 5) is 28.3. The normalized spacial score (nSPS) is 18.1. The average molecular weight is 449 g/mol. The molecule has 0 saturated carbocycles. The molecule has 0 bridgehead atoms. The minimum atomic E-state index is -3.65. The van der Waals surface area contributed by atoms with Crippen molar-refractivity contribution >= 4 is 27.6 Å². The van der Waals surface area contributed by atoms with Crippen LogP contribution < -0.4 is 5.32 Å². The first-order chi connectivity index (χ1) is 14.9. The Balaban J connectivity index is 1.36. The summed E-state index contributed by atoms with van der Waals surface area (Å²) in [6.07, 6.45) is 1.45. The minimum Gasteiger partial charge on any atom is -0.459 e. The van der Waals surface area contributed by atoms with Crippen LogP contribution in [0.2, 0.25) is 0 Å². The fourth-order valence-electron chi connectivity index (χ4n) is 3.54. The van der Waals surface area contributed by atoms with E-state index in [4.69, 9.17) is 9.15 Å². The van der Waals surface area contributed by atoms with Crippen molar-refractivity contribution in [2.75, 3.05) is 57.8 Å². The quantitative estimate of drug-likeness (QED) is 0.754. The molecular weight excluding hydrogens is 424 g/mol. The van der Waals surface area contributed by atoms with Crippen LogP contribution >= 0.6 is 0 Å². The lowest BCUT2D eigenvalue weighted by Crippen LogP contribution is -2.51. The van der Waals surface area contributed by atoms with Gasteiger partial charge < -0.3 is 24.3 Å². The van der Waals surface area contributed by atoms with Crippen LogP contribution in [-0.4, -0.2) is 86.9 Å². The zero-order valence-corrected chi connectivity index (χ0v) is 17.7. The summed E-state index contributed by atoms with van der Waals surface area (Å²) in [6, 6.07) is 9.14. The van der Waals surface area contributed by atoms with Gasteiger partial charge in [0.2, 0.25) is 10.0 Å². The predicted molar refractivity (Wildman–Crippen MR) is 111 cm³/mol. The highest BCUT2D eigenvalue weighted by molar-refractivity contribution is 7.89. The third kappa shape index (κ3) is 4.73. The number of hydrogen-bond donors (Lipinski definition) is 1. The van der Waals surface area contributed by atoms with Gasteiger partial charge >= 0.3 is 6.03 Å². The molecule has 3 heterocycles. The fraction of sp³-hybridized carbons (Fsp3) is 0.400. The maximum Gasteiger partial charge on any atom is 0.321 e. The first-order valence-electron chi connectivity index (χ1n) is 10.0. The number of piperazine rings is 1. The molecule has 2 saturated heterocycles. The number of furan rings is 1. The van der Waals surface area contributed by atoms with Gasteiger partial charge in [-0.1, -0.05) is 6.07 Å². The Hall–Kier alpha value is -2.89. The first kappa shape index (κ1) is 21.3. The third-order valence-corrected chi connectivity index (χ3v) is 7.17. The van der Waals surface area contributed by atoms with E-state index in [0.717, 1.165) is 0 Å². The van der Waals surface area contributed by atoms with Crippen molar-refractivity contribution in [1.82, 2.24) is 14.1 Å². The molecule has 10 nitrogen and oxygen atoms in total. The highest BCUT2D eigenvalue weighted by Crippen LogP contribution is 2.21. The fourth-order valence-corrected chi connectivity index (χ4v) is 5.00. The summed E-state index contributed by atoms with van der Waals surface area (Å²) in [5, 5.41) is 2.76. The SMILES string of the molecule is O=C(Nc1cccc(S(=O)(=O)N2CCOCC2)c1)N1CCN(C(=O)c2ccco2)CC1. The molecule has 0 atom stereocenters. The second kappa shape index (κ2) is 9.08. The van der Waals surface area contributed by atoms with Crippen LogP contribution in [-0.2, 0) is 14.8 Å². The highest BCUT2D eigenvalue weighted by Gasteiger charge is 2.28. The molecule has 0 spiro atoms. The molecule has 166 valence electrons. The van der Waals surface area contributed by atoms with Crippen LogP contribution in [0.4, 0.5) is 10.5 Å². The largest absolute Gasteiger partial charge is 0.459 e. The Kier molecular flexibility index (Phi) is 6.25. The number of urea groups is 1. The van der Waals surface area contributed by atoms with Gasteiger partial charge in [0.05, 0.1) is 24.4 Å². The summed E-state index contributed by atoms with van der Waals surface area (Å²) in [7, 11) is -3.65. The number of amides is 3. The number of carbonyl (C=O) groups is 2. The summed E-state index contributed by atoms with van der Waals surface area (Å²) in [6.45, 7) is 2.85. The Bertz CT molecular complexity index is 1030. The Labute approximate surface area is 180 Å². The van der Waals surface area contributed by atoms with Crippen LogP contribution in [0.5, 0.6) is 0 Å². The Morgan fingerprint density at radius 1 is 0.903 bits per heavy atom.